The molecular weight excluding hydrogens is 230 g/mol. The van der Waals surface area contributed by atoms with E-state index in [0.717, 1.165) is 24.3 Å². The minimum atomic E-state index is -0.261. The Morgan fingerprint density at radius 2 is 2.33 bits per heavy atom. The van der Waals surface area contributed by atoms with Crippen LogP contribution in [0.5, 0.6) is 0 Å². The highest BCUT2D eigenvalue weighted by atomic mass is 32.2. The second kappa shape index (κ2) is 4.78. The Bertz CT molecular complexity index is 275. The highest BCUT2D eigenvalue weighted by Crippen LogP contribution is 2.45. The summed E-state index contributed by atoms with van der Waals surface area (Å²) in [6, 6.07) is -0.261. The van der Waals surface area contributed by atoms with Crippen molar-refractivity contribution >= 4 is 35.0 Å². The van der Waals surface area contributed by atoms with Gasteiger partial charge in [-0.2, -0.15) is 11.8 Å². The summed E-state index contributed by atoms with van der Waals surface area (Å²) in [6.45, 7) is 2.29. The van der Waals surface area contributed by atoms with Gasteiger partial charge >= 0.3 is 5.97 Å². The standard InChI is InChI=1S/C10H15NO2S2/c1-2-13-9(12)8-10(15-7-11-8)3-5-14-6-4-10/h7-8H,2-6H2,1H3. The molecule has 5 heteroatoms. The van der Waals surface area contributed by atoms with Crippen molar-refractivity contribution in [2.24, 2.45) is 4.99 Å². The van der Waals surface area contributed by atoms with Crippen molar-refractivity contribution in [1.82, 2.24) is 0 Å². The van der Waals surface area contributed by atoms with E-state index in [1.807, 2.05) is 24.2 Å². The van der Waals surface area contributed by atoms with Crippen LogP contribution in [0.4, 0.5) is 0 Å². The van der Waals surface area contributed by atoms with Crippen molar-refractivity contribution in [2.45, 2.75) is 30.6 Å². The maximum Gasteiger partial charge on any atom is 0.332 e. The average Bonchev–Trinajstić information content (AvgIpc) is 2.63. The molecule has 0 saturated carbocycles. The van der Waals surface area contributed by atoms with Gasteiger partial charge in [-0.05, 0) is 31.3 Å². The number of thioether (sulfide) groups is 2. The predicted molar refractivity (Wildman–Crippen MR) is 65.8 cm³/mol. The van der Waals surface area contributed by atoms with Gasteiger partial charge in [-0.3, -0.25) is 4.99 Å². The number of carbonyl (C=O) groups is 1. The van der Waals surface area contributed by atoms with Crippen LogP contribution in [-0.2, 0) is 9.53 Å². The van der Waals surface area contributed by atoms with Crippen molar-refractivity contribution in [3.8, 4) is 0 Å². The number of esters is 1. The van der Waals surface area contributed by atoms with Crippen LogP contribution in [0.1, 0.15) is 19.8 Å². The molecule has 15 heavy (non-hydrogen) atoms. The van der Waals surface area contributed by atoms with Gasteiger partial charge in [0, 0.05) is 0 Å². The molecule has 1 atom stereocenters. The minimum absolute atomic E-state index is 0.0114. The monoisotopic (exact) mass is 245 g/mol. The summed E-state index contributed by atoms with van der Waals surface area (Å²) in [5.74, 6) is 2.11. The van der Waals surface area contributed by atoms with Gasteiger partial charge in [0.1, 0.15) is 0 Å². The molecule has 0 N–H and O–H groups in total. The lowest BCUT2D eigenvalue weighted by molar-refractivity contribution is -0.145. The highest BCUT2D eigenvalue weighted by molar-refractivity contribution is 8.13. The van der Waals surface area contributed by atoms with E-state index in [-0.39, 0.29) is 16.8 Å². The Kier molecular flexibility index (Phi) is 3.61. The predicted octanol–water partition coefficient (Wildman–Crippen LogP) is 1.96. The molecule has 84 valence electrons. The number of hydrogen-bond donors (Lipinski definition) is 0. The van der Waals surface area contributed by atoms with Crippen molar-refractivity contribution < 1.29 is 9.53 Å². The third kappa shape index (κ3) is 2.18. The third-order valence-electron chi connectivity index (χ3n) is 2.84. The Labute approximate surface area is 98.4 Å². The number of nitrogens with zero attached hydrogens (tertiary/aromatic N) is 1. The smallest absolute Gasteiger partial charge is 0.332 e. The molecule has 0 aromatic heterocycles. The number of rotatable bonds is 2. The van der Waals surface area contributed by atoms with Crippen molar-refractivity contribution in [1.29, 1.82) is 0 Å². The lowest BCUT2D eigenvalue weighted by Gasteiger charge is -2.34. The molecule has 3 nitrogen and oxygen atoms in total. The van der Waals surface area contributed by atoms with Gasteiger partial charge in [0.25, 0.3) is 0 Å². The van der Waals surface area contributed by atoms with Gasteiger partial charge in [0.15, 0.2) is 6.04 Å². The summed E-state index contributed by atoms with van der Waals surface area (Å²) in [5, 5.41) is 0. The summed E-state index contributed by atoms with van der Waals surface area (Å²) in [5.41, 5.74) is 1.83. The lowest BCUT2D eigenvalue weighted by atomic mass is 9.93. The van der Waals surface area contributed by atoms with Crippen LogP contribution in [0.2, 0.25) is 0 Å². The fourth-order valence-electron chi connectivity index (χ4n) is 2.00. The molecule has 2 aliphatic heterocycles. The molecule has 0 amide bonds. The van der Waals surface area contributed by atoms with Gasteiger partial charge in [-0.25, -0.2) is 4.79 Å². The van der Waals surface area contributed by atoms with Gasteiger partial charge < -0.3 is 4.74 Å². The maximum atomic E-state index is 11.8. The zero-order valence-electron chi connectivity index (χ0n) is 8.77. The van der Waals surface area contributed by atoms with Crippen LogP contribution < -0.4 is 0 Å². The van der Waals surface area contributed by atoms with Gasteiger partial charge in [0.2, 0.25) is 0 Å². The summed E-state index contributed by atoms with van der Waals surface area (Å²) >= 11 is 3.68. The zero-order chi connectivity index (χ0) is 10.7. The first-order valence-electron chi connectivity index (χ1n) is 5.22. The summed E-state index contributed by atoms with van der Waals surface area (Å²) in [4.78, 5) is 16.0. The van der Waals surface area contributed by atoms with Crippen LogP contribution >= 0.6 is 23.5 Å². The van der Waals surface area contributed by atoms with Gasteiger partial charge in [-0.15, -0.1) is 11.8 Å². The molecule has 2 heterocycles. The molecule has 0 bridgehead atoms. The number of ether oxygens (including phenoxy) is 1. The minimum Gasteiger partial charge on any atom is -0.464 e. The molecule has 1 spiro atoms. The average molecular weight is 245 g/mol. The van der Waals surface area contributed by atoms with E-state index in [1.165, 1.54) is 0 Å². The number of hydrogen-bond acceptors (Lipinski definition) is 5. The molecule has 0 aromatic carbocycles. The molecule has 2 rings (SSSR count). The Morgan fingerprint density at radius 1 is 1.60 bits per heavy atom. The van der Waals surface area contributed by atoms with Gasteiger partial charge in [0.05, 0.1) is 16.9 Å². The van der Waals surface area contributed by atoms with E-state index >= 15 is 0 Å². The van der Waals surface area contributed by atoms with Crippen molar-refractivity contribution in [2.75, 3.05) is 18.1 Å². The molecule has 0 radical (unpaired) electrons. The van der Waals surface area contributed by atoms with E-state index in [2.05, 4.69) is 4.99 Å². The summed E-state index contributed by atoms with van der Waals surface area (Å²) in [7, 11) is 0. The zero-order valence-corrected chi connectivity index (χ0v) is 10.4. The first-order chi connectivity index (χ1) is 7.28. The molecule has 1 unspecified atom stereocenters. The Morgan fingerprint density at radius 3 is 3.00 bits per heavy atom. The molecular formula is C10H15NO2S2. The molecule has 0 aliphatic carbocycles. The van der Waals surface area contributed by atoms with Crippen LogP contribution in [0, 0.1) is 0 Å². The molecule has 1 saturated heterocycles. The molecule has 1 fully saturated rings. The van der Waals surface area contributed by atoms with E-state index in [9.17, 15) is 4.79 Å². The highest BCUT2D eigenvalue weighted by Gasteiger charge is 2.47. The SMILES string of the molecule is CCOC(=O)C1N=CSC12CCSCC2. The summed E-state index contributed by atoms with van der Waals surface area (Å²) < 4.78 is 5.09. The normalized spacial score (nSPS) is 28.2. The second-order valence-electron chi connectivity index (χ2n) is 3.70. The Hall–Kier alpha value is -0.160. The first-order valence-corrected chi connectivity index (χ1v) is 7.26. The van der Waals surface area contributed by atoms with Crippen LogP contribution in [-0.4, -0.2) is 40.4 Å². The third-order valence-corrected chi connectivity index (χ3v) is 5.16. The van der Waals surface area contributed by atoms with Crippen LogP contribution in [0.25, 0.3) is 0 Å². The molecule has 2 aliphatic rings. The van der Waals surface area contributed by atoms with Crippen LogP contribution in [0.3, 0.4) is 0 Å². The first kappa shape index (κ1) is 11.3. The largest absolute Gasteiger partial charge is 0.464 e. The van der Waals surface area contributed by atoms with E-state index in [0.29, 0.717) is 6.61 Å². The lowest BCUT2D eigenvalue weighted by Crippen LogP contribution is -2.44. The summed E-state index contributed by atoms with van der Waals surface area (Å²) in [6.07, 6.45) is 2.12. The van der Waals surface area contributed by atoms with E-state index < -0.39 is 0 Å². The van der Waals surface area contributed by atoms with Crippen molar-refractivity contribution in [3.63, 3.8) is 0 Å². The Balaban J connectivity index is 2.08. The van der Waals surface area contributed by atoms with Crippen LogP contribution in [0.15, 0.2) is 4.99 Å². The van der Waals surface area contributed by atoms with E-state index in [4.69, 9.17) is 4.74 Å². The van der Waals surface area contributed by atoms with Crippen molar-refractivity contribution in [3.05, 3.63) is 0 Å². The fraction of sp³-hybridized carbons (Fsp3) is 0.800. The van der Waals surface area contributed by atoms with Gasteiger partial charge in [-0.1, -0.05) is 0 Å². The topological polar surface area (TPSA) is 38.7 Å². The number of aliphatic imine (C=N–C) groups is 1. The second-order valence-corrected chi connectivity index (χ2v) is 6.19. The fourth-order valence-corrected chi connectivity index (χ4v) is 4.60. The quantitative estimate of drug-likeness (QED) is 0.697. The van der Waals surface area contributed by atoms with E-state index in [1.54, 1.807) is 11.8 Å². The number of carbonyl (C=O) groups excluding carboxylic acids is 1. The maximum absolute atomic E-state index is 11.8. The molecule has 0 aromatic rings.